The van der Waals surface area contributed by atoms with E-state index in [1.54, 1.807) is 6.20 Å². The van der Waals surface area contributed by atoms with Crippen molar-refractivity contribution in [3.05, 3.63) is 46.6 Å². The summed E-state index contributed by atoms with van der Waals surface area (Å²) in [6, 6.07) is 10.0. The first-order valence-corrected chi connectivity index (χ1v) is 7.31. The molecule has 108 valence electrons. The van der Waals surface area contributed by atoms with Crippen molar-refractivity contribution >= 4 is 33.4 Å². The normalized spacial score (nSPS) is 17.2. The van der Waals surface area contributed by atoms with Crippen LogP contribution in [0.3, 0.4) is 0 Å². The monoisotopic (exact) mass is 347 g/mol. The summed E-state index contributed by atoms with van der Waals surface area (Å²) in [5, 5.41) is 7.24. The number of anilines is 2. The molecule has 1 atom stereocenters. The Bertz CT molecular complexity index is 662. The van der Waals surface area contributed by atoms with E-state index in [2.05, 4.69) is 36.4 Å². The number of nitrogens with zero attached hydrogens (tertiary/aromatic N) is 3. The summed E-state index contributed by atoms with van der Waals surface area (Å²) in [6.07, 6.45) is 2.34. The fraction of sp³-hybridized carbons (Fsp3) is 0.214. The van der Waals surface area contributed by atoms with Crippen LogP contribution in [0.2, 0.25) is 0 Å². The number of benzene rings is 1. The number of hydrogen-bond acceptors (Lipinski definition) is 6. The standard InChI is InChI=1S/C14H14BrN5O/c15-11-8-18-14(19-13(11)16)17-7-10-6-12(20-21-10)9-4-2-1-3-5-9/h1-5,8,10H,6-7H2,(H3,16,17,18,19). The molecule has 2 heterocycles. The Hall–Kier alpha value is -2.15. The molecule has 6 nitrogen and oxygen atoms in total. The average molecular weight is 348 g/mol. The maximum Gasteiger partial charge on any atom is 0.224 e. The lowest BCUT2D eigenvalue weighted by Gasteiger charge is -2.10. The predicted octanol–water partition coefficient (Wildman–Crippen LogP) is 2.43. The highest BCUT2D eigenvalue weighted by Gasteiger charge is 2.22. The summed E-state index contributed by atoms with van der Waals surface area (Å²) in [7, 11) is 0. The molecule has 3 N–H and O–H groups in total. The van der Waals surface area contributed by atoms with E-state index in [0.29, 0.717) is 22.8 Å². The van der Waals surface area contributed by atoms with Crippen LogP contribution in [0.25, 0.3) is 0 Å². The van der Waals surface area contributed by atoms with E-state index < -0.39 is 0 Å². The highest BCUT2D eigenvalue weighted by atomic mass is 79.9. The number of rotatable bonds is 4. The molecule has 0 saturated carbocycles. The quantitative estimate of drug-likeness (QED) is 0.886. The number of nitrogen functional groups attached to an aromatic ring is 1. The Balaban J connectivity index is 1.55. The molecule has 0 bridgehead atoms. The fourth-order valence-corrected chi connectivity index (χ4v) is 2.20. The van der Waals surface area contributed by atoms with Crippen LogP contribution in [0.15, 0.2) is 46.2 Å². The second-order valence-corrected chi connectivity index (χ2v) is 5.50. The lowest BCUT2D eigenvalue weighted by Crippen LogP contribution is -2.21. The summed E-state index contributed by atoms with van der Waals surface area (Å²) in [5.41, 5.74) is 7.75. The van der Waals surface area contributed by atoms with Gasteiger partial charge in [-0.1, -0.05) is 35.5 Å². The molecule has 0 saturated heterocycles. The zero-order chi connectivity index (χ0) is 14.7. The minimum absolute atomic E-state index is 0.0336. The highest BCUT2D eigenvalue weighted by molar-refractivity contribution is 9.10. The van der Waals surface area contributed by atoms with E-state index in [1.165, 1.54) is 0 Å². The zero-order valence-electron chi connectivity index (χ0n) is 11.2. The molecule has 7 heteroatoms. The second kappa shape index (κ2) is 6.09. The third-order valence-electron chi connectivity index (χ3n) is 3.10. The van der Waals surface area contributed by atoms with E-state index in [1.807, 2.05) is 30.3 Å². The van der Waals surface area contributed by atoms with E-state index in [0.717, 1.165) is 17.7 Å². The second-order valence-electron chi connectivity index (χ2n) is 4.64. The molecule has 0 fully saturated rings. The van der Waals surface area contributed by atoms with Crippen molar-refractivity contribution in [1.82, 2.24) is 9.97 Å². The topological polar surface area (TPSA) is 85.4 Å². The van der Waals surface area contributed by atoms with Gasteiger partial charge in [0.15, 0.2) is 0 Å². The van der Waals surface area contributed by atoms with E-state index in [-0.39, 0.29) is 6.10 Å². The van der Waals surface area contributed by atoms with Crippen LogP contribution in [0.4, 0.5) is 11.8 Å². The van der Waals surface area contributed by atoms with Gasteiger partial charge >= 0.3 is 0 Å². The van der Waals surface area contributed by atoms with Gasteiger partial charge in [-0.05, 0) is 21.5 Å². The first kappa shape index (κ1) is 13.8. The lowest BCUT2D eigenvalue weighted by atomic mass is 10.1. The van der Waals surface area contributed by atoms with Crippen molar-refractivity contribution in [2.75, 3.05) is 17.6 Å². The van der Waals surface area contributed by atoms with Crippen LogP contribution in [0.5, 0.6) is 0 Å². The third-order valence-corrected chi connectivity index (χ3v) is 3.71. The van der Waals surface area contributed by atoms with Gasteiger partial charge < -0.3 is 15.9 Å². The van der Waals surface area contributed by atoms with Gasteiger partial charge in [-0.25, -0.2) is 4.98 Å². The lowest BCUT2D eigenvalue weighted by molar-refractivity contribution is 0.0948. The Labute approximate surface area is 130 Å². The molecule has 1 unspecified atom stereocenters. The summed E-state index contributed by atoms with van der Waals surface area (Å²) in [6.45, 7) is 0.570. The van der Waals surface area contributed by atoms with E-state index in [9.17, 15) is 0 Å². The SMILES string of the molecule is Nc1nc(NCC2CC(c3ccccc3)=NO2)ncc1Br. The van der Waals surface area contributed by atoms with Gasteiger partial charge in [0.05, 0.1) is 16.7 Å². The van der Waals surface area contributed by atoms with Gasteiger partial charge in [-0.3, -0.25) is 0 Å². The van der Waals surface area contributed by atoms with Crippen molar-refractivity contribution in [2.24, 2.45) is 5.16 Å². The highest BCUT2D eigenvalue weighted by Crippen LogP contribution is 2.18. The molecular weight excluding hydrogens is 334 g/mol. The number of oxime groups is 1. The molecule has 1 aromatic carbocycles. The van der Waals surface area contributed by atoms with Crippen molar-refractivity contribution in [1.29, 1.82) is 0 Å². The van der Waals surface area contributed by atoms with Crippen molar-refractivity contribution < 1.29 is 4.84 Å². The number of halogens is 1. The predicted molar refractivity (Wildman–Crippen MR) is 85.1 cm³/mol. The fourth-order valence-electron chi connectivity index (χ4n) is 2.01. The van der Waals surface area contributed by atoms with Crippen LogP contribution in [0, 0.1) is 0 Å². The average Bonchev–Trinajstić information content (AvgIpc) is 2.98. The minimum atomic E-state index is -0.0336. The molecule has 2 aromatic rings. The molecule has 3 rings (SSSR count). The molecule has 1 aromatic heterocycles. The maximum atomic E-state index is 5.71. The van der Waals surface area contributed by atoms with Gasteiger partial charge in [-0.2, -0.15) is 4.98 Å². The molecule has 21 heavy (non-hydrogen) atoms. The summed E-state index contributed by atoms with van der Waals surface area (Å²) in [5.74, 6) is 0.883. The van der Waals surface area contributed by atoms with Gasteiger partial charge in [0.2, 0.25) is 5.95 Å². The minimum Gasteiger partial charge on any atom is -0.390 e. The van der Waals surface area contributed by atoms with E-state index >= 15 is 0 Å². The summed E-state index contributed by atoms with van der Waals surface area (Å²) in [4.78, 5) is 13.7. The van der Waals surface area contributed by atoms with Crippen LogP contribution in [-0.2, 0) is 4.84 Å². The van der Waals surface area contributed by atoms with Gasteiger partial charge in [0.25, 0.3) is 0 Å². The molecule has 0 amide bonds. The molecule has 0 spiro atoms. The first-order chi connectivity index (χ1) is 10.2. The van der Waals surface area contributed by atoms with E-state index in [4.69, 9.17) is 10.6 Å². The largest absolute Gasteiger partial charge is 0.390 e. The van der Waals surface area contributed by atoms with Gasteiger partial charge in [0, 0.05) is 12.6 Å². The van der Waals surface area contributed by atoms with Gasteiger partial charge in [-0.15, -0.1) is 0 Å². The smallest absolute Gasteiger partial charge is 0.224 e. The summed E-state index contributed by atoms with van der Waals surface area (Å²) >= 11 is 3.26. The number of nitrogens with two attached hydrogens (primary N) is 1. The molecular formula is C14H14BrN5O. The van der Waals surface area contributed by atoms with Crippen molar-refractivity contribution in [3.8, 4) is 0 Å². The van der Waals surface area contributed by atoms with Crippen molar-refractivity contribution in [2.45, 2.75) is 12.5 Å². The molecule has 1 aliphatic heterocycles. The molecule has 0 aliphatic carbocycles. The number of nitrogens with one attached hydrogen (secondary N) is 1. The van der Waals surface area contributed by atoms with Crippen LogP contribution < -0.4 is 11.1 Å². The van der Waals surface area contributed by atoms with Crippen LogP contribution in [-0.4, -0.2) is 28.3 Å². The Morgan fingerprint density at radius 2 is 2.14 bits per heavy atom. The van der Waals surface area contributed by atoms with Crippen LogP contribution >= 0.6 is 15.9 Å². The Morgan fingerprint density at radius 1 is 1.33 bits per heavy atom. The third kappa shape index (κ3) is 3.30. The van der Waals surface area contributed by atoms with Gasteiger partial charge in [0.1, 0.15) is 11.9 Å². The van der Waals surface area contributed by atoms with Crippen molar-refractivity contribution in [3.63, 3.8) is 0 Å². The first-order valence-electron chi connectivity index (χ1n) is 6.52. The molecule has 1 aliphatic rings. The van der Waals surface area contributed by atoms with Crippen LogP contribution in [0.1, 0.15) is 12.0 Å². The maximum absolute atomic E-state index is 5.71. The number of aromatic nitrogens is 2. The Morgan fingerprint density at radius 3 is 2.90 bits per heavy atom. The summed E-state index contributed by atoms with van der Waals surface area (Å²) < 4.78 is 0.680. The zero-order valence-corrected chi connectivity index (χ0v) is 12.7. The number of hydrogen-bond donors (Lipinski definition) is 2. The Kier molecular flexibility index (Phi) is 4.01. The molecule has 0 radical (unpaired) electrons.